The van der Waals surface area contributed by atoms with Crippen LogP contribution in [0.2, 0.25) is 0 Å². The van der Waals surface area contributed by atoms with Crippen LogP contribution in [0.25, 0.3) is 0 Å². The summed E-state index contributed by atoms with van der Waals surface area (Å²) >= 11 is 0. The lowest BCUT2D eigenvalue weighted by Gasteiger charge is -2.26. The number of amides is 4. The predicted molar refractivity (Wildman–Crippen MR) is 76.0 cm³/mol. The van der Waals surface area contributed by atoms with Gasteiger partial charge in [0.25, 0.3) is 0 Å². The minimum atomic E-state index is -0.915. The molecule has 0 aliphatic carbocycles. The second-order valence-corrected chi connectivity index (χ2v) is 4.48. The summed E-state index contributed by atoms with van der Waals surface area (Å²) in [6.07, 6.45) is 0.736. The number of nitrogens with zero attached hydrogens (tertiary/aromatic N) is 1. The van der Waals surface area contributed by atoms with E-state index in [4.69, 9.17) is 5.73 Å². The number of hydrogen-bond donors (Lipinski definition) is 4. The maximum absolute atomic E-state index is 11.8. The molecule has 0 fully saturated rings. The molecular weight excluding hydrogens is 262 g/mol. The van der Waals surface area contributed by atoms with Crippen LogP contribution in [0.15, 0.2) is 0 Å². The largest absolute Gasteiger partial charge is 0.368 e. The molecule has 2 atom stereocenters. The zero-order chi connectivity index (χ0) is 15.7. The Morgan fingerprint density at radius 3 is 2.25 bits per heavy atom. The van der Waals surface area contributed by atoms with Crippen molar-refractivity contribution in [3.8, 4) is 0 Å². The number of primary amides is 1. The lowest BCUT2D eigenvalue weighted by molar-refractivity contribution is -0.128. The molecule has 0 bridgehead atoms. The summed E-state index contributed by atoms with van der Waals surface area (Å²) in [6.45, 7) is 4.10. The van der Waals surface area contributed by atoms with Gasteiger partial charge < -0.3 is 26.6 Å². The van der Waals surface area contributed by atoms with E-state index < -0.39 is 18.0 Å². The molecule has 0 spiro atoms. The predicted octanol–water partition coefficient (Wildman–Crippen LogP) is -1.38. The van der Waals surface area contributed by atoms with E-state index in [-0.39, 0.29) is 18.5 Å². The van der Waals surface area contributed by atoms with Crippen LogP contribution in [0.1, 0.15) is 20.3 Å². The third-order valence-electron chi connectivity index (χ3n) is 2.88. The molecule has 0 saturated carbocycles. The van der Waals surface area contributed by atoms with E-state index in [0.29, 0.717) is 6.54 Å². The molecule has 4 amide bonds. The number of carbonyl (C=O) groups excluding carboxylic acids is 3. The first-order chi connectivity index (χ1) is 9.37. The average Bonchev–Trinajstić information content (AvgIpc) is 2.43. The van der Waals surface area contributed by atoms with E-state index in [1.165, 1.54) is 11.9 Å². The number of nitrogens with one attached hydrogen (secondary N) is 3. The molecule has 0 saturated heterocycles. The standard InChI is InChI=1S/C12H25N5O3/c1-5-6-17(12(20)15-4)7-9(10(13)18)16-11(19)8(2)14-3/h8-9,14H,5-7H2,1-4H3,(H2,13,18)(H,15,20)(H,16,19). The molecule has 0 radical (unpaired) electrons. The third kappa shape index (κ3) is 5.87. The summed E-state index contributed by atoms with van der Waals surface area (Å²) in [4.78, 5) is 36.3. The molecule has 0 aliphatic heterocycles. The van der Waals surface area contributed by atoms with Gasteiger partial charge in [0.05, 0.1) is 12.6 Å². The van der Waals surface area contributed by atoms with E-state index in [1.54, 1.807) is 14.0 Å². The third-order valence-corrected chi connectivity index (χ3v) is 2.88. The van der Waals surface area contributed by atoms with Gasteiger partial charge >= 0.3 is 6.03 Å². The first-order valence-corrected chi connectivity index (χ1v) is 6.60. The van der Waals surface area contributed by atoms with Crippen LogP contribution in [0.5, 0.6) is 0 Å². The molecule has 0 heterocycles. The van der Waals surface area contributed by atoms with Gasteiger partial charge in [0.1, 0.15) is 6.04 Å². The molecule has 8 heteroatoms. The van der Waals surface area contributed by atoms with Crippen molar-refractivity contribution in [1.82, 2.24) is 20.9 Å². The van der Waals surface area contributed by atoms with Crippen molar-refractivity contribution in [3.63, 3.8) is 0 Å². The number of carbonyl (C=O) groups is 3. The Hall–Kier alpha value is -1.83. The topological polar surface area (TPSA) is 117 Å². The second kappa shape index (κ2) is 9.13. The lowest BCUT2D eigenvalue weighted by Crippen LogP contribution is -2.56. The number of hydrogen-bond acceptors (Lipinski definition) is 4. The highest BCUT2D eigenvalue weighted by atomic mass is 16.2. The molecule has 0 aromatic heterocycles. The fourth-order valence-electron chi connectivity index (χ4n) is 1.56. The van der Waals surface area contributed by atoms with Crippen LogP contribution in [-0.2, 0) is 9.59 Å². The fourth-order valence-corrected chi connectivity index (χ4v) is 1.56. The zero-order valence-corrected chi connectivity index (χ0v) is 12.5. The zero-order valence-electron chi connectivity index (χ0n) is 12.5. The van der Waals surface area contributed by atoms with Crippen molar-refractivity contribution in [2.75, 3.05) is 27.2 Å². The van der Waals surface area contributed by atoms with Gasteiger partial charge in [-0.3, -0.25) is 9.59 Å². The molecule has 5 N–H and O–H groups in total. The molecule has 8 nitrogen and oxygen atoms in total. The highest BCUT2D eigenvalue weighted by Crippen LogP contribution is 1.97. The highest BCUT2D eigenvalue weighted by molar-refractivity contribution is 5.89. The Kier molecular flexibility index (Phi) is 8.30. The van der Waals surface area contributed by atoms with E-state index in [2.05, 4.69) is 16.0 Å². The van der Waals surface area contributed by atoms with Crippen molar-refractivity contribution in [1.29, 1.82) is 0 Å². The molecule has 0 rings (SSSR count). The van der Waals surface area contributed by atoms with Gasteiger partial charge in [-0.15, -0.1) is 0 Å². The molecule has 20 heavy (non-hydrogen) atoms. The summed E-state index contributed by atoms with van der Waals surface area (Å²) in [5.41, 5.74) is 5.28. The SMILES string of the molecule is CCCN(CC(NC(=O)C(C)NC)C(N)=O)C(=O)NC. The minimum absolute atomic E-state index is 0.0466. The first kappa shape index (κ1) is 18.2. The fraction of sp³-hybridized carbons (Fsp3) is 0.750. The van der Waals surface area contributed by atoms with E-state index in [1.807, 2.05) is 6.92 Å². The molecule has 0 aromatic carbocycles. The summed E-state index contributed by atoms with van der Waals surface area (Å²) in [7, 11) is 3.14. The first-order valence-electron chi connectivity index (χ1n) is 6.60. The summed E-state index contributed by atoms with van der Waals surface area (Å²) in [6, 6.07) is -1.67. The van der Waals surface area contributed by atoms with Crippen molar-refractivity contribution in [2.24, 2.45) is 5.73 Å². The van der Waals surface area contributed by atoms with Gasteiger partial charge in [-0.25, -0.2) is 4.79 Å². The lowest BCUT2D eigenvalue weighted by atomic mass is 10.2. The molecular formula is C12H25N5O3. The Balaban J connectivity index is 4.78. The maximum atomic E-state index is 11.8. The molecule has 2 unspecified atom stereocenters. The maximum Gasteiger partial charge on any atom is 0.317 e. The Morgan fingerprint density at radius 1 is 1.25 bits per heavy atom. The van der Waals surface area contributed by atoms with Crippen molar-refractivity contribution in [3.05, 3.63) is 0 Å². The van der Waals surface area contributed by atoms with Crippen molar-refractivity contribution < 1.29 is 14.4 Å². The smallest absolute Gasteiger partial charge is 0.317 e. The Labute approximate surface area is 119 Å². The van der Waals surface area contributed by atoms with Crippen LogP contribution in [0, 0.1) is 0 Å². The van der Waals surface area contributed by atoms with E-state index in [0.717, 1.165) is 6.42 Å². The van der Waals surface area contributed by atoms with Gasteiger partial charge in [0, 0.05) is 13.6 Å². The Morgan fingerprint density at radius 2 is 1.85 bits per heavy atom. The quantitative estimate of drug-likeness (QED) is 0.440. The van der Waals surface area contributed by atoms with Gasteiger partial charge in [-0.1, -0.05) is 6.92 Å². The van der Waals surface area contributed by atoms with E-state index >= 15 is 0 Å². The molecule has 0 aliphatic rings. The van der Waals surface area contributed by atoms with Crippen LogP contribution < -0.4 is 21.7 Å². The Bertz CT molecular complexity index is 348. The van der Waals surface area contributed by atoms with Gasteiger partial charge in [0.15, 0.2) is 0 Å². The normalized spacial score (nSPS) is 13.2. The summed E-state index contributed by atoms with van der Waals surface area (Å²) < 4.78 is 0. The van der Waals surface area contributed by atoms with Gasteiger partial charge in [-0.05, 0) is 20.4 Å². The van der Waals surface area contributed by atoms with Gasteiger partial charge in [-0.2, -0.15) is 0 Å². The summed E-state index contributed by atoms with van der Waals surface area (Å²) in [5.74, 6) is -1.02. The second-order valence-electron chi connectivity index (χ2n) is 4.48. The minimum Gasteiger partial charge on any atom is -0.368 e. The highest BCUT2D eigenvalue weighted by Gasteiger charge is 2.25. The summed E-state index contributed by atoms with van der Waals surface area (Å²) in [5, 5.41) is 7.79. The van der Waals surface area contributed by atoms with Gasteiger partial charge in [0.2, 0.25) is 11.8 Å². The average molecular weight is 287 g/mol. The van der Waals surface area contributed by atoms with Crippen LogP contribution in [0.3, 0.4) is 0 Å². The van der Waals surface area contributed by atoms with Crippen LogP contribution in [-0.4, -0.2) is 62.0 Å². The number of urea groups is 1. The number of rotatable bonds is 8. The van der Waals surface area contributed by atoms with Crippen LogP contribution in [0.4, 0.5) is 4.79 Å². The van der Waals surface area contributed by atoms with Crippen LogP contribution >= 0.6 is 0 Å². The number of likely N-dealkylation sites (N-methyl/N-ethyl adjacent to an activating group) is 1. The van der Waals surface area contributed by atoms with E-state index in [9.17, 15) is 14.4 Å². The number of nitrogens with two attached hydrogens (primary N) is 1. The molecule has 116 valence electrons. The monoisotopic (exact) mass is 287 g/mol. The molecule has 0 aromatic rings. The van der Waals surface area contributed by atoms with Crippen molar-refractivity contribution >= 4 is 17.8 Å². The van der Waals surface area contributed by atoms with Crippen molar-refractivity contribution in [2.45, 2.75) is 32.4 Å².